The average Bonchev–Trinajstić information content (AvgIpc) is 2.80. The highest BCUT2D eigenvalue weighted by molar-refractivity contribution is 7.99. The van der Waals surface area contributed by atoms with Gasteiger partial charge >= 0.3 is 0 Å². The van der Waals surface area contributed by atoms with Gasteiger partial charge in [0.15, 0.2) is 0 Å². The van der Waals surface area contributed by atoms with Gasteiger partial charge in [0.2, 0.25) is 5.91 Å². The van der Waals surface area contributed by atoms with Crippen LogP contribution in [0, 0.1) is 6.92 Å². The Balaban J connectivity index is 1.40. The van der Waals surface area contributed by atoms with Crippen molar-refractivity contribution in [3.63, 3.8) is 0 Å². The summed E-state index contributed by atoms with van der Waals surface area (Å²) in [6, 6.07) is 28.7. The number of aryl methyl sites for hydroxylation is 1. The highest BCUT2D eigenvalue weighted by atomic mass is 32.2. The SMILES string of the molecule is Cc1cc(SCC(=O)Nc2ccc(N(c3ccccc3)C(C)C)cc2)nc2ccccc12. The number of carbonyl (C=O) groups is 1. The molecule has 0 radical (unpaired) electrons. The van der Waals surface area contributed by atoms with E-state index < -0.39 is 0 Å². The number of hydrogen-bond donors (Lipinski definition) is 1. The van der Waals surface area contributed by atoms with Crippen LogP contribution in [0.5, 0.6) is 0 Å². The molecule has 1 heterocycles. The zero-order chi connectivity index (χ0) is 22.5. The van der Waals surface area contributed by atoms with Crippen molar-refractivity contribution in [1.82, 2.24) is 4.98 Å². The third-order valence-electron chi connectivity index (χ3n) is 5.23. The zero-order valence-electron chi connectivity index (χ0n) is 18.6. The lowest BCUT2D eigenvalue weighted by molar-refractivity contribution is -0.113. The Morgan fingerprint density at radius 2 is 1.59 bits per heavy atom. The molecule has 162 valence electrons. The topological polar surface area (TPSA) is 45.2 Å². The van der Waals surface area contributed by atoms with Crippen LogP contribution in [0.4, 0.5) is 17.1 Å². The van der Waals surface area contributed by atoms with Crippen molar-refractivity contribution in [2.24, 2.45) is 0 Å². The summed E-state index contributed by atoms with van der Waals surface area (Å²) in [5.74, 6) is 0.272. The van der Waals surface area contributed by atoms with Crippen molar-refractivity contribution in [3.8, 4) is 0 Å². The number of para-hydroxylation sites is 2. The number of thioether (sulfide) groups is 1. The van der Waals surface area contributed by atoms with Gasteiger partial charge in [-0.1, -0.05) is 48.2 Å². The van der Waals surface area contributed by atoms with Gasteiger partial charge in [0.25, 0.3) is 0 Å². The van der Waals surface area contributed by atoms with Crippen LogP contribution in [0.3, 0.4) is 0 Å². The molecule has 0 aliphatic carbocycles. The van der Waals surface area contributed by atoms with Crippen LogP contribution in [0.1, 0.15) is 19.4 Å². The van der Waals surface area contributed by atoms with Crippen molar-refractivity contribution in [2.45, 2.75) is 31.8 Å². The molecule has 1 aromatic heterocycles. The molecule has 0 bridgehead atoms. The fraction of sp³-hybridized carbons (Fsp3) is 0.185. The number of pyridine rings is 1. The van der Waals surface area contributed by atoms with Gasteiger partial charge in [0.1, 0.15) is 0 Å². The second-order valence-electron chi connectivity index (χ2n) is 7.98. The van der Waals surface area contributed by atoms with E-state index in [2.05, 4.69) is 54.2 Å². The fourth-order valence-electron chi connectivity index (χ4n) is 3.77. The summed E-state index contributed by atoms with van der Waals surface area (Å²) in [7, 11) is 0. The lowest BCUT2D eigenvalue weighted by Crippen LogP contribution is -2.25. The van der Waals surface area contributed by atoms with Crippen molar-refractivity contribution < 1.29 is 4.79 Å². The predicted octanol–water partition coefficient (Wildman–Crippen LogP) is 6.82. The summed E-state index contributed by atoms with van der Waals surface area (Å²) in [5.41, 5.74) is 5.16. The number of aromatic nitrogens is 1. The first-order valence-corrected chi connectivity index (χ1v) is 11.7. The third kappa shape index (κ3) is 5.11. The van der Waals surface area contributed by atoms with E-state index in [1.807, 2.05) is 66.7 Å². The minimum Gasteiger partial charge on any atom is -0.339 e. The van der Waals surface area contributed by atoms with Crippen LogP contribution < -0.4 is 10.2 Å². The van der Waals surface area contributed by atoms with Gasteiger partial charge < -0.3 is 10.2 Å². The second kappa shape index (κ2) is 9.88. The van der Waals surface area contributed by atoms with Crippen LogP contribution >= 0.6 is 11.8 Å². The largest absolute Gasteiger partial charge is 0.339 e. The lowest BCUT2D eigenvalue weighted by atomic mass is 10.1. The van der Waals surface area contributed by atoms with Crippen LogP contribution in [0.15, 0.2) is 90.0 Å². The molecular weight excluding hydrogens is 414 g/mol. The molecule has 5 heteroatoms. The van der Waals surface area contributed by atoms with E-state index in [-0.39, 0.29) is 5.91 Å². The smallest absolute Gasteiger partial charge is 0.234 e. The fourth-order valence-corrected chi connectivity index (χ4v) is 4.54. The number of nitrogens with zero attached hydrogens (tertiary/aromatic N) is 2. The Kier molecular flexibility index (Phi) is 6.76. The summed E-state index contributed by atoms with van der Waals surface area (Å²) in [5, 5.41) is 5.00. The highest BCUT2D eigenvalue weighted by Gasteiger charge is 2.13. The molecule has 1 N–H and O–H groups in total. The summed E-state index contributed by atoms with van der Waals surface area (Å²) in [4.78, 5) is 19.5. The first-order chi connectivity index (χ1) is 15.5. The van der Waals surface area contributed by atoms with E-state index in [4.69, 9.17) is 0 Å². The molecule has 3 aromatic carbocycles. The van der Waals surface area contributed by atoms with Gasteiger partial charge in [-0.15, -0.1) is 0 Å². The Bertz CT molecular complexity index is 1210. The average molecular weight is 442 g/mol. The monoisotopic (exact) mass is 441 g/mol. The number of carbonyl (C=O) groups excluding carboxylic acids is 1. The van der Waals surface area contributed by atoms with E-state index in [0.29, 0.717) is 11.8 Å². The van der Waals surface area contributed by atoms with E-state index in [0.717, 1.165) is 33.0 Å². The zero-order valence-corrected chi connectivity index (χ0v) is 19.4. The number of hydrogen-bond acceptors (Lipinski definition) is 4. The summed E-state index contributed by atoms with van der Waals surface area (Å²) < 4.78 is 0. The van der Waals surface area contributed by atoms with Gasteiger partial charge in [0, 0.05) is 28.5 Å². The Morgan fingerprint density at radius 3 is 2.31 bits per heavy atom. The first-order valence-electron chi connectivity index (χ1n) is 10.7. The van der Waals surface area contributed by atoms with Crippen LogP contribution in [-0.2, 0) is 4.79 Å². The maximum atomic E-state index is 12.5. The van der Waals surface area contributed by atoms with Gasteiger partial charge in [-0.25, -0.2) is 4.98 Å². The van der Waals surface area contributed by atoms with Crippen LogP contribution in [0.2, 0.25) is 0 Å². The van der Waals surface area contributed by atoms with Gasteiger partial charge in [-0.05, 0) is 74.9 Å². The molecule has 0 aliphatic heterocycles. The van der Waals surface area contributed by atoms with E-state index in [1.165, 1.54) is 17.3 Å². The highest BCUT2D eigenvalue weighted by Crippen LogP contribution is 2.29. The number of benzene rings is 3. The molecule has 0 unspecified atom stereocenters. The molecule has 4 aromatic rings. The maximum absolute atomic E-state index is 12.5. The Labute approximate surface area is 193 Å². The minimum absolute atomic E-state index is 0.0425. The molecular formula is C27H27N3OS. The normalized spacial score (nSPS) is 11.0. The molecule has 1 amide bonds. The second-order valence-corrected chi connectivity index (χ2v) is 8.97. The summed E-state index contributed by atoms with van der Waals surface area (Å²) >= 11 is 1.45. The molecule has 0 saturated heterocycles. The quantitative estimate of drug-likeness (QED) is 0.320. The number of anilines is 3. The number of fused-ring (bicyclic) bond motifs is 1. The number of nitrogens with one attached hydrogen (secondary N) is 1. The van der Waals surface area contributed by atoms with Crippen molar-refractivity contribution in [2.75, 3.05) is 16.0 Å². The van der Waals surface area contributed by atoms with Crippen molar-refractivity contribution in [1.29, 1.82) is 0 Å². The molecule has 4 nitrogen and oxygen atoms in total. The maximum Gasteiger partial charge on any atom is 0.234 e. The van der Waals surface area contributed by atoms with Gasteiger partial charge in [0.05, 0.1) is 16.3 Å². The summed E-state index contributed by atoms with van der Waals surface area (Å²) in [6.07, 6.45) is 0. The lowest BCUT2D eigenvalue weighted by Gasteiger charge is -2.29. The Morgan fingerprint density at radius 1 is 0.938 bits per heavy atom. The molecule has 4 rings (SSSR count). The molecule has 32 heavy (non-hydrogen) atoms. The third-order valence-corrected chi connectivity index (χ3v) is 6.14. The van der Waals surface area contributed by atoms with Crippen LogP contribution in [-0.4, -0.2) is 22.7 Å². The number of amides is 1. The molecule has 0 aliphatic rings. The first kappa shape index (κ1) is 21.9. The predicted molar refractivity (Wildman–Crippen MR) is 136 cm³/mol. The Hall–Kier alpha value is -3.31. The molecule has 0 fully saturated rings. The number of rotatable bonds is 7. The molecule has 0 spiro atoms. The standard InChI is InChI=1S/C27H27N3OS/c1-19(2)30(22-9-5-4-6-10-22)23-15-13-21(14-16-23)28-26(31)18-32-27-17-20(3)24-11-7-8-12-25(24)29-27/h4-17,19H,18H2,1-3H3,(H,28,31). The van der Waals surface area contributed by atoms with E-state index >= 15 is 0 Å². The molecule has 0 saturated carbocycles. The summed E-state index contributed by atoms with van der Waals surface area (Å²) in [6.45, 7) is 6.41. The molecule has 0 atom stereocenters. The van der Waals surface area contributed by atoms with Crippen molar-refractivity contribution >= 4 is 45.6 Å². The van der Waals surface area contributed by atoms with Crippen LogP contribution in [0.25, 0.3) is 10.9 Å². The van der Waals surface area contributed by atoms with E-state index in [9.17, 15) is 4.79 Å². The van der Waals surface area contributed by atoms with Gasteiger partial charge in [-0.3, -0.25) is 4.79 Å². The minimum atomic E-state index is -0.0425. The van der Waals surface area contributed by atoms with Crippen molar-refractivity contribution in [3.05, 3.63) is 90.5 Å². The van der Waals surface area contributed by atoms with Gasteiger partial charge in [-0.2, -0.15) is 0 Å². The van der Waals surface area contributed by atoms with E-state index in [1.54, 1.807) is 0 Å².